The van der Waals surface area contributed by atoms with Crippen molar-refractivity contribution in [1.29, 1.82) is 0 Å². The van der Waals surface area contributed by atoms with Gasteiger partial charge in [0, 0.05) is 0 Å². The fourth-order valence-electron chi connectivity index (χ4n) is 1.69. The second-order valence-corrected chi connectivity index (χ2v) is 3.83. The molecule has 0 amide bonds. The lowest BCUT2D eigenvalue weighted by atomic mass is 10.2. The highest BCUT2D eigenvalue weighted by molar-refractivity contribution is 5.84. The van der Waals surface area contributed by atoms with Crippen LogP contribution in [0.5, 0.6) is 0 Å². The van der Waals surface area contributed by atoms with Crippen molar-refractivity contribution < 1.29 is 17.6 Å². The van der Waals surface area contributed by atoms with Crippen LogP contribution in [0.4, 0.5) is 14.5 Å². The van der Waals surface area contributed by atoms with E-state index >= 15 is 0 Å². The van der Waals surface area contributed by atoms with E-state index in [-0.39, 0.29) is 22.8 Å². The first-order valence-corrected chi connectivity index (χ1v) is 5.17. The molecule has 0 fully saturated rings. The molecule has 2 heterocycles. The number of nitrogen functional groups attached to an aromatic ring is 1. The van der Waals surface area contributed by atoms with E-state index in [9.17, 15) is 8.78 Å². The summed E-state index contributed by atoms with van der Waals surface area (Å²) in [5, 5.41) is 0. The Labute approximate surface area is 100 Å². The average Bonchev–Trinajstić information content (AvgIpc) is 2.85. The normalized spacial score (nSPS) is 11.3. The van der Waals surface area contributed by atoms with Crippen LogP contribution in [0.25, 0.3) is 22.8 Å². The average molecular weight is 250 g/mol. The Morgan fingerprint density at radius 1 is 1.22 bits per heavy atom. The first-order valence-electron chi connectivity index (χ1n) is 5.17. The molecule has 0 aliphatic carbocycles. The summed E-state index contributed by atoms with van der Waals surface area (Å²) in [5.41, 5.74) is 6.35. The molecule has 4 nitrogen and oxygen atoms in total. The SMILES string of the molecule is Cc1oc2nc(-c3cccc(F)c3F)oc2c1N. The van der Waals surface area contributed by atoms with Gasteiger partial charge >= 0.3 is 0 Å². The first kappa shape index (κ1) is 10.8. The Morgan fingerprint density at radius 3 is 2.72 bits per heavy atom. The predicted octanol–water partition coefficient (Wildman–Crippen LogP) is 3.26. The molecule has 0 aliphatic heterocycles. The van der Waals surface area contributed by atoms with Crippen LogP contribution in [0.3, 0.4) is 0 Å². The highest BCUT2D eigenvalue weighted by Gasteiger charge is 2.20. The molecule has 1 aromatic carbocycles. The van der Waals surface area contributed by atoms with Gasteiger partial charge in [0.15, 0.2) is 11.6 Å². The monoisotopic (exact) mass is 250 g/mol. The molecule has 2 aromatic heterocycles. The molecule has 92 valence electrons. The molecule has 0 saturated carbocycles. The summed E-state index contributed by atoms with van der Waals surface area (Å²) in [4.78, 5) is 3.95. The predicted molar refractivity (Wildman–Crippen MR) is 60.8 cm³/mol. The number of nitrogens with two attached hydrogens (primary N) is 1. The molecule has 0 unspecified atom stereocenters. The molecular formula is C12H8F2N2O2. The lowest BCUT2D eigenvalue weighted by Gasteiger charge is -1.98. The summed E-state index contributed by atoms with van der Waals surface area (Å²) in [6.45, 7) is 1.66. The van der Waals surface area contributed by atoms with Crippen molar-refractivity contribution in [3.8, 4) is 11.5 Å². The highest BCUT2D eigenvalue weighted by atomic mass is 19.2. The van der Waals surface area contributed by atoms with E-state index in [1.807, 2.05) is 0 Å². The van der Waals surface area contributed by atoms with Gasteiger partial charge in [-0.05, 0) is 19.1 Å². The molecular weight excluding hydrogens is 242 g/mol. The minimum Gasteiger partial charge on any atom is -0.438 e. The summed E-state index contributed by atoms with van der Waals surface area (Å²) in [6.07, 6.45) is 0. The lowest BCUT2D eigenvalue weighted by Crippen LogP contribution is -1.89. The maximum absolute atomic E-state index is 13.6. The van der Waals surface area contributed by atoms with E-state index in [4.69, 9.17) is 14.6 Å². The fraction of sp³-hybridized carbons (Fsp3) is 0.0833. The van der Waals surface area contributed by atoms with Crippen LogP contribution in [-0.4, -0.2) is 4.98 Å². The number of nitrogens with zero attached hydrogens (tertiary/aromatic N) is 1. The minimum atomic E-state index is -1.02. The van der Waals surface area contributed by atoms with E-state index < -0.39 is 11.6 Å². The minimum absolute atomic E-state index is 0.0625. The third-order valence-electron chi connectivity index (χ3n) is 2.65. The number of halogens is 2. The van der Waals surface area contributed by atoms with Gasteiger partial charge in [-0.15, -0.1) is 0 Å². The van der Waals surface area contributed by atoms with Crippen LogP contribution in [0.2, 0.25) is 0 Å². The fourth-order valence-corrected chi connectivity index (χ4v) is 1.69. The maximum atomic E-state index is 13.6. The van der Waals surface area contributed by atoms with Gasteiger partial charge in [0.25, 0.3) is 5.71 Å². The molecule has 0 aliphatic rings. The van der Waals surface area contributed by atoms with Crippen LogP contribution in [0.1, 0.15) is 5.76 Å². The van der Waals surface area contributed by atoms with Crippen molar-refractivity contribution in [2.75, 3.05) is 5.73 Å². The highest BCUT2D eigenvalue weighted by Crippen LogP contribution is 2.33. The van der Waals surface area contributed by atoms with E-state index in [1.165, 1.54) is 12.1 Å². The van der Waals surface area contributed by atoms with Gasteiger partial charge in [0.05, 0.1) is 5.56 Å². The van der Waals surface area contributed by atoms with Crippen molar-refractivity contribution in [3.63, 3.8) is 0 Å². The molecule has 0 atom stereocenters. The van der Waals surface area contributed by atoms with Crippen molar-refractivity contribution in [3.05, 3.63) is 35.6 Å². The van der Waals surface area contributed by atoms with Gasteiger partial charge in [-0.2, -0.15) is 4.98 Å². The van der Waals surface area contributed by atoms with Crippen molar-refractivity contribution in [1.82, 2.24) is 4.98 Å². The van der Waals surface area contributed by atoms with Crippen LogP contribution in [0.15, 0.2) is 27.0 Å². The van der Waals surface area contributed by atoms with Crippen LogP contribution in [-0.2, 0) is 0 Å². The lowest BCUT2D eigenvalue weighted by molar-refractivity contribution is 0.505. The zero-order chi connectivity index (χ0) is 12.9. The maximum Gasteiger partial charge on any atom is 0.268 e. The quantitative estimate of drug-likeness (QED) is 0.719. The molecule has 6 heteroatoms. The second kappa shape index (κ2) is 3.56. The smallest absolute Gasteiger partial charge is 0.268 e. The Morgan fingerprint density at radius 2 is 2.00 bits per heavy atom. The largest absolute Gasteiger partial charge is 0.438 e. The van der Waals surface area contributed by atoms with Gasteiger partial charge in [-0.3, -0.25) is 0 Å². The van der Waals surface area contributed by atoms with Crippen LogP contribution < -0.4 is 5.73 Å². The number of oxazole rings is 1. The number of anilines is 1. The molecule has 3 aromatic rings. The number of aryl methyl sites for hydroxylation is 1. The Bertz CT molecular complexity index is 746. The topological polar surface area (TPSA) is 65.2 Å². The summed E-state index contributed by atoms with van der Waals surface area (Å²) in [6, 6.07) is 3.75. The van der Waals surface area contributed by atoms with Gasteiger partial charge in [-0.1, -0.05) is 6.07 Å². The number of hydrogen-bond acceptors (Lipinski definition) is 4. The standard InChI is InChI=1S/C12H8F2N2O2/c1-5-9(15)10-12(17-5)16-11(18-10)6-3-2-4-7(13)8(6)14/h2-4H,15H2,1H3. The Balaban J connectivity index is 2.23. The zero-order valence-electron chi connectivity index (χ0n) is 9.33. The van der Waals surface area contributed by atoms with Crippen molar-refractivity contribution in [2.45, 2.75) is 6.92 Å². The number of rotatable bonds is 1. The second-order valence-electron chi connectivity index (χ2n) is 3.83. The zero-order valence-corrected chi connectivity index (χ0v) is 9.33. The first-order chi connectivity index (χ1) is 8.58. The molecule has 2 N–H and O–H groups in total. The van der Waals surface area contributed by atoms with E-state index in [0.717, 1.165) is 6.07 Å². The van der Waals surface area contributed by atoms with Gasteiger partial charge < -0.3 is 14.6 Å². The van der Waals surface area contributed by atoms with Crippen LogP contribution in [0, 0.1) is 18.6 Å². The summed E-state index contributed by atoms with van der Waals surface area (Å²) < 4.78 is 37.2. The van der Waals surface area contributed by atoms with Gasteiger partial charge in [0.1, 0.15) is 11.4 Å². The van der Waals surface area contributed by atoms with Crippen LogP contribution >= 0.6 is 0 Å². The molecule has 0 radical (unpaired) electrons. The number of fused-ring (bicyclic) bond motifs is 1. The number of hydrogen-bond donors (Lipinski definition) is 1. The van der Waals surface area contributed by atoms with Crippen molar-refractivity contribution in [2.24, 2.45) is 0 Å². The summed E-state index contributed by atoms with van der Waals surface area (Å²) >= 11 is 0. The summed E-state index contributed by atoms with van der Waals surface area (Å²) in [7, 11) is 0. The van der Waals surface area contributed by atoms with E-state index in [0.29, 0.717) is 11.4 Å². The number of benzene rings is 1. The molecule has 3 rings (SSSR count). The van der Waals surface area contributed by atoms with Gasteiger partial charge in [0.2, 0.25) is 11.5 Å². The molecule has 0 bridgehead atoms. The van der Waals surface area contributed by atoms with Crippen molar-refractivity contribution >= 4 is 17.0 Å². The molecule has 18 heavy (non-hydrogen) atoms. The Hall–Kier alpha value is -2.37. The third-order valence-corrected chi connectivity index (χ3v) is 2.65. The molecule has 0 saturated heterocycles. The summed E-state index contributed by atoms with van der Waals surface area (Å²) in [5.74, 6) is -1.57. The van der Waals surface area contributed by atoms with E-state index in [1.54, 1.807) is 6.92 Å². The van der Waals surface area contributed by atoms with Gasteiger partial charge in [-0.25, -0.2) is 8.78 Å². The Kier molecular flexibility index (Phi) is 2.13. The van der Waals surface area contributed by atoms with E-state index in [2.05, 4.69) is 4.98 Å². The third kappa shape index (κ3) is 1.38. The number of furan rings is 1. The number of aromatic nitrogens is 1. The molecule has 0 spiro atoms.